The summed E-state index contributed by atoms with van der Waals surface area (Å²) in [5, 5.41) is 7.25. The van der Waals surface area contributed by atoms with Crippen molar-refractivity contribution in [1.82, 2.24) is 0 Å². The van der Waals surface area contributed by atoms with Crippen LogP contribution in [0.2, 0.25) is 0 Å². The third kappa shape index (κ3) is 3.80. The second-order valence-electron chi connectivity index (χ2n) is 3.91. The Labute approximate surface area is 106 Å². The van der Waals surface area contributed by atoms with Crippen LogP contribution in [-0.2, 0) is 6.18 Å². The number of hydrogen-bond acceptors (Lipinski definition) is 2. The Balaban J connectivity index is 3.23. The summed E-state index contributed by atoms with van der Waals surface area (Å²) in [5.41, 5.74) is 4.05. The lowest BCUT2D eigenvalue weighted by Crippen LogP contribution is -2.27. The fourth-order valence-electron chi connectivity index (χ4n) is 1.57. The first-order valence-corrected chi connectivity index (χ1v) is 5.18. The molecule has 1 rings (SSSR count). The molecule has 0 aliphatic heterocycles. The molecule has 0 saturated heterocycles. The van der Waals surface area contributed by atoms with Gasteiger partial charge in [-0.25, -0.2) is 8.78 Å². The lowest BCUT2D eigenvalue weighted by atomic mass is 10.1. The SMILES string of the molecule is CN(CC(F)F)c1ccc(C(F)(F)F)cc1C(=N)N. The van der Waals surface area contributed by atoms with E-state index < -0.39 is 30.5 Å². The third-order valence-electron chi connectivity index (χ3n) is 2.44. The van der Waals surface area contributed by atoms with Crippen molar-refractivity contribution >= 4 is 11.5 Å². The number of nitrogen functional groups attached to an aromatic ring is 1. The van der Waals surface area contributed by atoms with Gasteiger partial charge in [0.25, 0.3) is 6.43 Å². The van der Waals surface area contributed by atoms with Crippen LogP contribution in [0.4, 0.5) is 27.6 Å². The maximum Gasteiger partial charge on any atom is 0.416 e. The van der Waals surface area contributed by atoms with Gasteiger partial charge in [-0.3, -0.25) is 5.41 Å². The number of alkyl halides is 5. The maximum atomic E-state index is 12.5. The van der Waals surface area contributed by atoms with Crippen molar-refractivity contribution in [2.24, 2.45) is 5.73 Å². The summed E-state index contributed by atoms with van der Waals surface area (Å²) < 4.78 is 62.1. The Bertz CT molecular complexity index is 470. The van der Waals surface area contributed by atoms with E-state index in [0.29, 0.717) is 6.07 Å². The van der Waals surface area contributed by atoms with Crippen LogP contribution >= 0.6 is 0 Å². The smallest absolute Gasteiger partial charge is 0.384 e. The zero-order valence-corrected chi connectivity index (χ0v) is 9.93. The molecule has 0 aliphatic rings. The van der Waals surface area contributed by atoms with Gasteiger partial charge in [-0.15, -0.1) is 0 Å². The van der Waals surface area contributed by atoms with E-state index in [1.807, 2.05) is 0 Å². The predicted molar refractivity (Wildman–Crippen MR) is 61.7 cm³/mol. The number of nitrogens with two attached hydrogens (primary N) is 1. The standard InChI is InChI=1S/C11H12F5N3/c1-19(5-9(12)13)8-3-2-6(11(14,15)16)4-7(8)10(17)18/h2-4,9H,5H2,1H3,(H3,17,18). The van der Waals surface area contributed by atoms with Gasteiger partial charge in [-0.1, -0.05) is 0 Å². The van der Waals surface area contributed by atoms with E-state index in [0.717, 1.165) is 17.0 Å². The second kappa shape index (κ2) is 5.41. The monoisotopic (exact) mass is 281 g/mol. The zero-order chi connectivity index (χ0) is 14.8. The van der Waals surface area contributed by atoms with Gasteiger partial charge in [-0.2, -0.15) is 13.2 Å². The number of anilines is 1. The summed E-state index contributed by atoms with van der Waals surface area (Å²) >= 11 is 0. The molecular weight excluding hydrogens is 269 g/mol. The van der Waals surface area contributed by atoms with Crippen molar-refractivity contribution in [2.45, 2.75) is 12.6 Å². The molecule has 0 heterocycles. The molecular formula is C11H12F5N3. The highest BCUT2D eigenvalue weighted by Crippen LogP contribution is 2.32. The van der Waals surface area contributed by atoms with Gasteiger partial charge in [0.2, 0.25) is 0 Å². The molecule has 0 aliphatic carbocycles. The van der Waals surface area contributed by atoms with E-state index in [9.17, 15) is 22.0 Å². The average molecular weight is 281 g/mol. The Morgan fingerprint density at radius 2 is 1.95 bits per heavy atom. The second-order valence-corrected chi connectivity index (χ2v) is 3.91. The van der Waals surface area contributed by atoms with Crippen molar-refractivity contribution in [3.05, 3.63) is 29.3 Å². The number of hydrogen-bond donors (Lipinski definition) is 2. The molecule has 1 aromatic rings. The highest BCUT2D eigenvalue weighted by molar-refractivity contribution is 6.00. The fraction of sp³-hybridized carbons (Fsp3) is 0.364. The molecule has 19 heavy (non-hydrogen) atoms. The van der Waals surface area contributed by atoms with Gasteiger partial charge in [0, 0.05) is 18.3 Å². The topological polar surface area (TPSA) is 53.1 Å². The van der Waals surface area contributed by atoms with Gasteiger partial charge in [0.15, 0.2) is 0 Å². The normalized spacial score (nSPS) is 11.7. The zero-order valence-electron chi connectivity index (χ0n) is 9.93. The summed E-state index contributed by atoms with van der Waals surface area (Å²) in [7, 11) is 1.29. The van der Waals surface area contributed by atoms with Crippen LogP contribution in [-0.4, -0.2) is 25.9 Å². The third-order valence-corrected chi connectivity index (χ3v) is 2.44. The van der Waals surface area contributed by atoms with Crippen molar-refractivity contribution in [3.63, 3.8) is 0 Å². The molecule has 0 radical (unpaired) electrons. The lowest BCUT2D eigenvalue weighted by Gasteiger charge is -2.22. The van der Waals surface area contributed by atoms with Gasteiger partial charge in [-0.05, 0) is 18.2 Å². The van der Waals surface area contributed by atoms with Gasteiger partial charge in [0.05, 0.1) is 12.1 Å². The molecule has 0 amide bonds. The van der Waals surface area contributed by atoms with Crippen LogP contribution in [0.25, 0.3) is 0 Å². The molecule has 0 spiro atoms. The summed E-state index contributed by atoms with van der Waals surface area (Å²) in [6, 6.07) is 2.48. The quantitative estimate of drug-likeness (QED) is 0.506. The lowest BCUT2D eigenvalue weighted by molar-refractivity contribution is -0.137. The first-order valence-electron chi connectivity index (χ1n) is 5.18. The van der Waals surface area contributed by atoms with Crippen LogP contribution in [0.5, 0.6) is 0 Å². The molecule has 0 fully saturated rings. The first-order chi connectivity index (χ1) is 8.62. The molecule has 8 heteroatoms. The molecule has 0 unspecified atom stereocenters. The highest BCUT2D eigenvalue weighted by atomic mass is 19.4. The summed E-state index contributed by atoms with van der Waals surface area (Å²) in [4.78, 5) is 1.06. The number of rotatable bonds is 4. The van der Waals surface area contributed by atoms with E-state index in [2.05, 4.69) is 0 Å². The minimum absolute atomic E-state index is 0.0563. The summed E-state index contributed by atoms with van der Waals surface area (Å²) in [5.74, 6) is -0.609. The van der Waals surface area contributed by atoms with Crippen LogP contribution in [0.1, 0.15) is 11.1 Å². The van der Waals surface area contributed by atoms with E-state index in [1.165, 1.54) is 7.05 Å². The minimum Gasteiger partial charge on any atom is -0.384 e. The van der Waals surface area contributed by atoms with Crippen LogP contribution in [0.15, 0.2) is 18.2 Å². The Hall–Kier alpha value is -1.86. The maximum absolute atomic E-state index is 12.5. The van der Waals surface area contributed by atoms with E-state index in [1.54, 1.807) is 0 Å². The predicted octanol–water partition coefficient (Wildman–Crippen LogP) is 2.69. The number of benzene rings is 1. The molecule has 1 aromatic carbocycles. The highest BCUT2D eigenvalue weighted by Gasteiger charge is 2.31. The van der Waals surface area contributed by atoms with Crippen molar-refractivity contribution in [1.29, 1.82) is 5.41 Å². The largest absolute Gasteiger partial charge is 0.416 e. The summed E-state index contributed by atoms with van der Waals surface area (Å²) in [6.07, 6.45) is -7.23. The number of amidine groups is 1. The number of nitrogens with one attached hydrogen (secondary N) is 1. The first kappa shape index (κ1) is 15.2. The van der Waals surface area contributed by atoms with E-state index >= 15 is 0 Å². The fourth-order valence-corrected chi connectivity index (χ4v) is 1.57. The van der Waals surface area contributed by atoms with Gasteiger partial charge in [0.1, 0.15) is 5.84 Å². The van der Waals surface area contributed by atoms with E-state index in [-0.39, 0.29) is 11.3 Å². The van der Waals surface area contributed by atoms with Gasteiger partial charge < -0.3 is 10.6 Å². The van der Waals surface area contributed by atoms with Crippen LogP contribution in [0.3, 0.4) is 0 Å². The van der Waals surface area contributed by atoms with Gasteiger partial charge >= 0.3 is 6.18 Å². The molecule has 0 atom stereocenters. The van der Waals surface area contributed by atoms with Crippen molar-refractivity contribution in [2.75, 3.05) is 18.5 Å². The van der Waals surface area contributed by atoms with Crippen LogP contribution in [0, 0.1) is 5.41 Å². The Kier molecular flexibility index (Phi) is 4.33. The number of halogens is 5. The molecule has 3 nitrogen and oxygen atoms in total. The molecule has 3 N–H and O–H groups in total. The molecule has 0 aromatic heterocycles. The molecule has 106 valence electrons. The van der Waals surface area contributed by atoms with Crippen LogP contribution < -0.4 is 10.6 Å². The Morgan fingerprint density at radius 1 is 1.37 bits per heavy atom. The van der Waals surface area contributed by atoms with E-state index in [4.69, 9.17) is 11.1 Å². The molecule has 0 bridgehead atoms. The Morgan fingerprint density at radius 3 is 2.37 bits per heavy atom. The van der Waals surface area contributed by atoms with Crippen molar-refractivity contribution < 1.29 is 22.0 Å². The van der Waals surface area contributed by atoms with Crippen molar-refractivity contribution in [3.8, 4) is 0 Å². The summed E-state index contributed by atoms with van der Waals surface area (Å²) in [6.45, 7) is -0.661. The number of nitrogens with zero attached hydrogens (tertiary/aromatic N) is 1. The average Bonchev–Trinajstić information content (AvgIpc) is 2.25. The molecule has 0 saturated carbocycles. The minimum atomic E-state index is -4.58.